The molecule has 0 aliphatic carbocycles. The standard InChI is InChI=1S/C8H8BrN3.C2H6/c1-2-5-3-4-10-8-6(5)7(9)11-12-8;1-2/h3-4H,2H2,1H3,(H,10,11,12);1-2H3. The lowest BCUT2D eigenvalue weighted by Crippen LogP contribution is -1.83. The number of nitrogens with zero attached hydrogens (tertiary/aromatic N) is 2. The number of aromatic nitrogens is 3. The van der Waals surface area contributed by atoms with Gasteiger partial charge in [0.1, 0.15) is 4.60 Å². The zero-order valence-electron chi connectivity index (χ0n) is 8.63. The van der Waals surface area contributed by atoms with Crippen molar-refractivity contribution in [2.45, 2.75) is 27.2 Å². The predicted octanol–water partition coefficient (Wildman–Crippen LogP) is 3.31. The Hall–Kier alpha value is -0.900. The van der Waals surface area contributed by atoms with Crippen LogP contribution in [0.25, 0.3) is 11.0 Å². The van der Waals surface area contributed by atoms with E-state index < -0.39 is 0 Å². The minimum absolute atomic E-state index is 0.779. The highest BCUT2D eigenvalue weighted by molar-refractivity contribution is 9.10. The minimum Gasteiger partial charge on any atom is -0.269 e. The monoisotopic (exact) mass is 255 g/mol. The van der Waals surface area contributed by atoms with E-state index in [-0.39, 0.29) is 0 Å². The lowest BCUT2D eigenvalue weighted by molar-refractivity contribution is 1.08. The first kappa shape index (κ1) is 11.2. The van der Waals surface area contributed by atoms with Gasteiger partial charge in [-0.3, -0.25) is 5.10 Å². The molecule has 2 rings (SSSR count). The fraction of sp³-hybridized carbons (Fsp3) is 0.400. The average Bonchev–Trinajstić information content (AvgIpc) is 2.64. The molecule has 0 radical (unpaired) electrons. The average molecular weight is 256 g/mol. The lowest BCUT2D eigenvalue weighted by Gasteiger charge is -1.96. The van der Waals surface area contributed by atoms with Gasteiger partial charge in [-0.15, -0.1) is 0 Å². The number of rotatable bonds is 1. The van der Waals surface area contributed by atoms with Crippen molar-refractivity contribution in [1.82, 2.24) is 15.2 Å². The summed E-state index contributed by atoms with van der Waals surface area (Å²) in [7, 11) is 0. The molecule has 0 fully saturated rings. The summed E-state index contributed by atoms with van der Waals surface area (Å²) in [5.41, 5.74) is 2.04. The molecule has 76 valence electrons. The largest absolute Gasteiger partial charge is 0.269 e. The number of H-pyrrole nitrogens is 1. The topological polar surface area (TPSA) is 41.6 Å². The number of nitrogens with one attached hydrogen (secondary N) is 1. The molecule has 0 bridgehead atoms. The highest BCUT2D eigenvalue weighted by Crippen LogP contribution is 2.23. The van der Waals surface area contributed by atoms with E-state index in [2.05, 4.69) is 38.0 Å². The first-order valence-corrected chi connectivity index (χ1v) is 5.59. The lowest BCUT2D eigenvalue weighted by atomic mass is 10.1. The van der Waals surface area contributed by atoms with Crippen LogP contribution < -0.4 is 0 Å². The summed E-state index contributed by atoms with van der Waals surface area (Å²) in [5, 5.41) is 8.00. The van der Waals surface area contributed by atoms with E-state index in [1.807, 2.05) is 19.9 Å². The molecule has 0 amide bonds. The Morgan fingerprint density at radius 3 is 2.79 bits per heavy atom. The Morgan fingerprint density at radius 2 is 2.14 bits per heavy atom. The summed E-state index contributed by atoms with van der Waals surface area (Å²) in [4.78, 5) is 4.14. The summed E-state index contributed by atoms with van der Waals surface area (Å²) in [6.45, 7) is 6.12. The van der Waals surface area contributed by atoms with E-state index in [9.17, 15) is 0 Å². The van der Waals surface area contributed by atoms with Crippen LogP contribution in [0.1, 0.15) is 26.3 Å². The molecule has 0 saturated heterocycles. The quantitative estimate of drug-likeness (QED) is 0.850. The van der Waals surface area contributed by atoms with Gasteiger partial charge in [-0.2, -0.15) is 5.10 Å². The molecule has 0 aromatic carbocycles. The van der Waals surface area contributed by atoms with Gasteiger partial charge in [0.15, 0.2) is 5.65 Å². The van der Waals surface area contributed by atoms with Gasteiger partial charge in [0.2, 0.25) is 0 Å². The molecule has 0 atom stereocenters. The van der Waals surface area contributed by atoms with Crippen LogP contribution in [0.15, 0.2) is 16.9 Å². The molecule has 2 heterocycles. The van der Waals surface area contributed by atoms with E-state index in [1.165, 1.54) is 5.56 Å². The number of fused-ring (bicyclic) bond motifs is 1. The van der Waals surface area contributed by atoms with Crippen molar-refractivity contribution in [3.8, 4) is 0 Å². The normalized spacial score (nSPS) is 9.71. The maximum atomic E-state index is 4.14. The maximum Gasteiger partial charge on any atom is 0.182 e. The third-order valence-corrected chi connectivity index (χ3v) is 2.45. The van der Waals surface area contributed by atoms with E-state index in [1.54, 1.807) is 6.20 Å². The van der Waals surface area contributed by atoms with Gasteiger partial charge in [-0.25, -0.2) is 4.98 Å². The fourth-order valence-corrected chi connectivity index (χ4v) is 1.79. The van der Waals surface area contributed by atoms with Crippen LogP contribution in [0.5, 0.6) is 0 Å². The summed E-state index contributed by atoms with van der Waals surface area (Å²) in [6, 6.07) is 2.02. The van der Waals surface area contributed by atoms with E-state index in [0.717, 1.165) is 22.1 Å². The van der Waals surface area contributed by atoms with Crippen LogP contribution in [-0.2, 0) is 6.42 Å². The predicted molar refractivity (Wildman–Crippen MR) is 62.3 cm³/mol. The first-order chi connectivity index (χ1) is 6.83. The van der Waals surface area contributed by atoms with Crippen LogP contribution >= 0.6 is 15.9 Å². The van der Waals surface area contributed by atoms with E-state index >= 15 is 0 Å². The molecule has 3 nitrogen and oxygen atoms in total. The molecule has 14 heavy (non-hydrogen) atoms. The van der Waals surface area contributed by atoms with E-state index in [0.29, 0.717) is 0 Å². The summed E-state index contributed by atoms with van der Waals surface area (Å²) >= 11 is 3.40. The summed E-state index contributed by atoms with van der Waals surface area (Å²) < 4.78 is 0.919. The second-order valence-corrected chi connectivity index (χ2v) is 3.35. The molecule has 4 heteroatoms. The highest BCUT2D eigenvalue weighted by Gasteiger charge is 2.06. The Morgan fingerprint density at radius 1 is 1.43 bits per heavy atom. The number of hydrogen-bond donors (Lipinski definition) is 1. The van der Waals surface area contributed by atoms with Crippen molar-refractivity contribution in [2.75, 3.05) is 0 Å². The maximum absolute atomic E-state index is 4.14. The smallest absolute Gasteiger partial charge is 0.182 e. The number of hydrogen-bond acceptors (Lipinski definition) is 2. The Labute approximate surface area is 92.1 Å². The summed E-state index contributed by atoms with van der Waals surface area (Å²) in [5.74, 6) is 0. The fourth-order valence-electron chi connectivity index (χ4n) is 1.27. The minimum atomic E-state index is 0.779. The molecular formula is C10H14BrN3. The van der Waals surface area contributed by atoms with Gasteiger partial charge in [-0.05, 0) is 34.0 Å². The van der Waals surface area contributed by atoms with Crippen LogP contribution in [0.3, 0.4) is 0 Å². The van der Waals surface area contributed by atoms with Gasteiger partial charge in [0.25, 0.3) is 0 Å². The molecule has 0 saturated carbocycles. The third kappa shape index (κ3) is 1.95. The van der Waals surface area contributed by atoms with Crippen molar-refractivity contribution in [3.05, 3.63) is 22.4 Å². The first-order valence-electron chi connectivity index (χ1n) is 4.80. The molecular weight excluding hydrogens is 242 g/mol. The molecule has 0 spiro atoms. The molecule has 0 unspecified atom stereocenters. The zero-order chi connectivity index (χ0) is 10.6. The number of aryl methyl sites for hydroxylation is 1. The Balaban J connectivity index is 0.000000461. The van der Waals surface area contributed by atoms with Crippen molar-refractivity contribution in [3.63, 3.8) is 0 Å². The Bertz CT molecular complexity index is 409. The van der Waals surface area contributed by atoms with E-state index in [4.69, 9.17) is 0 Å². The molecule has 0 aliphatic heterocycles. The highest BCUT2D eigenvalue weighted by atomic mass is 79.9. The van der Waals surface area contributed by atoms with Gasteiger partial charge in [0, 0.05) is 6.20 Å². The Kier molecular flexibility index (Phi) is 4.07. The van der Waals surface area contributed by atoms with Crippen LogP contribution in [0.4, 0.5) is 0 Å². The van der Waals surface area contributed by atoms with Gasteiger partial charge < -0.3 is 0 Å². The van der Waals surface area contributed by atoms with Crippen LogP contribution in [0.2, 0.25) is 0 Å². The molecule has 2 aromatic rings. The molecule has 0 aliphatic rings. The third-order valence-electron chi connectivity index (χ3n) is 1.88. The second-order valence-electron chi connectivity index (χ2n) is 2.56. The van der Waals surface area contributed by atoms with Crippen LogP contribution in [-0.4, -0.2) is 15.2 Å². The number of pyridine rings is 1. The second kappa shape index (κ2) is 5.10. The SMILES string of the molecule is CC.CCc1ccnc2n[nH]c(Br)c12. The van der Waals surface area contributed by atoms with Gasteiger partial charge in [0.05, 0.1) is 5.39 Å². The zero-order valence-corrected chi connectivity index (χ0v) is 10.2. The van der Waals surface area contributed by atoms with Crippen molar-refractivity contribution in [2.24, 2.45) is 0 Å². The molecule has 2 aromatic heterocycles. The van der Waals surface area contributed by atoms with Gasteiger partial charge in [-0.1, -0.05) is 20.8 Å². The van der Waals surface area contributed by atoms with Gasteiger partial charge >= 0.3 is 0 Å². The summed E-state index contributed by atoms with van der Waals surface area (Å²) in [6.07, 6.45) is 2.78. The van der Waals surface area contributed by atoms with Crippen molar-refractivity contribution < 1.29 is 0 Å². The van der Waals surface area contributed by atoms with Crippen LogP contribution in [0, 0.1) is 0 Å². The number of halogens is 1. The van der Waals surface area contributed by atoms with Crippen molar-refractivity contribution in [1.29, 1.82) is 0 Å². The molecule has 1 N–H and O–H groups in total. The number of aromatic amines is 1. The van der Waals surface area contributed by atoms with Crippen molar-refractivity contribution >= 4 is 27.0 Å².